The van der Waals surface area contributed by atoms with Gasteiger partial charge in [0.05, 0.1) is 29.1 Å². The van der Waals surface area contributed by atoms with Crippen LogP contribution in [-0.4, -0.2) is 20.3 Å². The molecule has 0 saturated heterocycles. The zero-order chi connectivity index (χ0) is 11.2. The van der Waals surface area contributed by atoms with Crippen LogP contribution < -0.4 is 5.32 Å². The third-order valence-electron chi connectivity index (χ3n) is 1.91. The maximum Gasteiger partial charge on any atom is 0.0961 e. The van der Waals surface area contributed by atoms with Crippen LogP contribution in [0.2, 0.25) is 0 Å². The summed E-state index contributed by atoms with van der Waals surface area (Å²) in [5.74, 6) is 1.05. The third-order valence-corrected chi connectivity index (χ3v) is 3.29. The fraction of sp³-hybridized carbons (Fsp3) is 0.300. The van der Waals surface area contributed by atoms with Crippen molar-refractivity contribution in [2.75, 3.05) is 11.1 Å². The number of thioether (sulfide) groups is 1. The Kier molecular flexibility index (Phi) is 4.12. The fourth-order valence-corrected chi connectivity index (χ4v) is 2.21. The van der Waals surface area contributed by atoms with Crippen molar-refractivity contribution in [3.63, 3.8) is 0 Å². The van der Waals surface area contributed by atoms with Crippen LogP contribution in [0.1, 0.15) is 12.6 Å². The number of aromatic nitrogens is 3. The average molecular weight is 252 g/mol. The number of nitrogens with one attached hydrogen (secondary N) is 1. The molecule has 0 fully saturated rings. The highest BCUT2D eigenvalue weighted by molar-refractivity contribution is 7.99. The summed E-state index contributed by atoms with van der Waals surface area (Å²) < 4.78 is 3.81. The van der Waals surface area contributed by atoms with E-state index in [0.29, 0.717) is 6.54 Å². The molecule has 0 amide bonds. The third kappa shape index (κ3) is 3.18. The summed E-state index contributed by atoms with van der Waals surface area (Å²) in [6, 6.07) is 4.06. The monoisotopic (exact) mass is 252 g/mol. The number of pyridine rings is 1. The molecule has 2 aromatic rings. The van der Waals surface area contributed by atoms with Gasteiger partial charge in [-0.2, -0.15) is 0 Å². The number of nitrogens with zero attached hydrogens (tertiary/aromatic N) is 3. The summed E-state index contributed by atoms with van der Waals surface area (Å²) in [6.07, 6.45) is 1.85. The smallest absolute Gasteiger partial charge is 0.0961 e. The SMILES string of the molecule is CCSc1ccc(NCc2csnn2)cn1. The minimum Gasteiger partial charge on any atom is -0.378 e. The van der Waals surface area contributed by atoms with Gasteiger partial charge in [-0.05, 0) is 29.4 Å². The minimum atomic E-state index is 0.693. The Morgan fingerprint density at radius 3 is 3.00 bits per heavy atom. The van der Waals surface area contributed by atoms with Crippen LogP contribution in [0.15, 0.2) is 28.7 Å². The first-order valence-corrected chi connectivity index (χ1v) is 6.79. The van der Waals surface area contributed by atoms with E-state index in [1.165, 1.54) is 11.5 Å². The molecular weight excluding hydrogens is 240 g/mol. The van der Waals surface area contributed by atoms with Crippen molar-refractivity contribution in [2.24, 2.45) is 0 Å². The standard InChI is InChI=1S/C10H12N4S2/c1-2-15-10-4-3-8(5-12-10)11-6-9-7-16-14-13-9/h3-5,7,11H,2,6H2,1H3. The van der Waals surface area contributed by atoms with Gasteiger partial charge in [0.15, 0.2) is 0 Å². The van der Waals surface area contributed by atoms with Gasteiger partial charge in [0, 0.05) is 5.38 Å². The highest BCUT2D eigenvalue weighted by Crippen LogP contribution is 2.16. The highest BCUT2D eigenvalue weighted by Gasteiger charge is 1.98. The normalized spacial score (nSPS) is 10.3. The molecule has 1 N–H and O–H groups in total. The van der Waals surface area contributed by atoms with Gasteiger partial charge in [-0.3, -0.25) is 0 Å². The van der Waals surface area contributed by atoms with Crippen molar-refractivity contribution in [1.82, 2.24) is 14.6 Å². The van der Waals surface area contributed by atoms with E-state index in [-0.39, 0.29) is 0 Å². The van der Waals surface area contributed by atoms with Crippen molar-refractivity contribution in [3.8, 4) is 0 Å². The number of hydrogen-bond donors (Lipinski definition) is 1. The summed E-state index contributed by atoms with van der Waals surface area (Å²) in [7, 11) is 0. The van der Waals surface area contributed by atoms with E-state index in [9.17, 15) is 0 Å². The summed E-state index contributed by atoms with van der Waals surface area (Å²) in [5.41, 5.74) is 1.96. The first kappa shape index (κ1) is 11.3. The Labute approximate surface area is 103 Å². The van der Waals surface area contributed by atoms with Crippen LogP contribution in [0, 0.1) is 0 Å². The molecule has 0 aliphatic carbocycles. The van der Waals surface area contributed by atoms with E-state index in [0.717, 1.165) is 22.2 Å². The molecule has 84 valence electrons. The van der Waals surface area contributed by atoms with E-state index < -0.39 is 0 Å². The molecule has 2 heterocycles. The summed E-state index contributed by atoms with van der Waals surface area (Å²) in [4.78, 5) is 4.34. The fourth-order valence-electron chi connectivity index (χ4n) is 1.17. The van der Waals surface area contributed by atoms with E-state index in [4.69, 9.17) is 0 Å². The molecule has 0 bridgehead atoms. The molecule has 0 aliphatic heterocycles. The van der Waals surface area contributed by atoms with Gasteiger partial charge < -0.3 is 5.32 Å². The van der Waals surface area contributed by atoms with Gasteiger partial charge in [-0.15, -0.1) is 16.9 Å². The number of rotatable bonds is 5. The van der Waals surface area contributed by atoms with Crippen LogP contribution in [0.3, 0.4) is 0 Å². The van der Waals surface area contributed by atoms with Crippen LogP contribution in [0.25, 0.3) is 0 Å². The van der Waals surface area contributed by atoms with E-state index >= 15 is 0 Å². The molecule has 4 nitrogen and oxygen atoms in total. The highest BCUT2D eigenvalue weighted by atomic mass is 32.2. The second-order valence-corrected chi connectivity index (χ2v) is 4.96. The molecule has 0 aliphatic rings. The van der Waals surface area contributed by atoms with Crippen molar-refractivity contribution in [2.45, 2.75) is 18.5 Å². The molecule has 0 unspecified atom stereocenters. The number of hydrogen-bond acceptors (Lipinski definition) is 6. The lowest BCUT2D eigenvalue weighted by Gasteiger charge is -2.04. The lowest BCUT2D eigenvalue weighted by Crippen LogP contribution is -2.00. The van der Waals surface area contributed by atoms with Crippen LogP contribution in [0.4, 0.5) is 5.69 Å². The maximum atomic E-state index is 4.34. The van der Waals surface area contributed by atoms with Crippen molar-refractivity contribution >= 4 is 29.0 Å². The minimum absolute atomic E-state index is 0.693. The molecule has 0 saturated carbocycles. The van der Waals surface area contributed by atoms with E-state index in [1.54, 1.807) is 11.8 Å². The molecule has 16 heavy (non-hydrogen) atoms. The predicted molar refractivity (Wildman–Crippen MR) is 67.9 cm³/mol. The van der Waals surface area contributed by atoms with Gasteiger partial charge in [0.1, 0.15) is 0 Å². The Bertz CT molecular complexity index is 413. The molecule has 6 heteroatoms. The zero-order valence-electron chi connectivity index (χ0n) is 8.88. The van der Waals surface area contributed by atoms with Gasteiger partial charge in [0.25, 0.3) is 0 Å². The lowest BCUT2D eigenvalue weighted by atomic mass is 10.4. The molecule has 0 atom stereocenters. The molecule has 0 aromatic carbocycles. The molecule has 0 spiro atoms. The largest absolute Gasteiger partial charge is 0.378 e. The Balaban J connectivity index is 1.90. The van der Waals surface area contributed by atoms with Crippen molar-refractivity contribution in [1.29, 1.82) is 0 Å². The average Bonchev–Trinajstić information content (AvgIpc) is 2.82. The van der Waals surface area contributed by atoms with Gasteiger partial charge in [-0.1, -0.05) is 11.4 Å². The van der Waals surface area contributed by atoms with Crippen molar-refractivity contribution in [3.05, 3.63) is 29.4 Å². The van der Waals surface area contributed by atoms with Crippen molar-refractivity contribution < 1.29 is 0 Å². The summed E-state index contributed by atoms with van der Waals surface area (Å²) in [6.45, 7) is 2.81. The lowest BCUT2D eigenvalue weighted by molar-refractivity contribution is 0.993. The Morgan fingerprint density at radius 2 is 2.38 bits per heavy atom. The van der Waals surface area contributed by atoms with Gasteiger partial charge >= 0.3 is 0 Å². The maximum absolute atomic E-state index is 4.34. The molecular formula is C10H12N4S2. The first-order chi connectivity index (χ1) is 7.88. The van der Waals surface area contributed by atoms with E-state index in [1.807, 2.05) is 23.7 Å². The molecule has 0 radical (unpaired) electrons. The quantitative estimate of drug-likeness (QED) is 0.829. The van der Waals surface area contributed by atoms with Crippen LogP contribution in [-0.2, 0) is 6.54 Å². The zero-order valence-corrected chi connectivity index (χ0v) is 10.5. The van der Waals surface area contributed by atoms with Crippen LogP contribution >= 0.6 is 23.3 Å². The van der Waals surface area contributed by atoms with E-state index in [2.05, 4.69) is 26.8 Å². The van der Waals surface area contributed by atoms with Gasteiger partial charge in [-0.25, -0.2) is 4.98 Å². The number of anilines is 1. The Morgan fingerprint density at radius 1 is 1.44 bits per heavy atom. The van der Waals surface area contributed by atoms with Crippen LogP contribution in [0.5, 0.6) is 0 Å². The Hall–Kier alpha value is -1.14. The summed E-state index contributed by atoms with van der Waals surface area (Å²) in [5, 5.41) is 10.2. The molecule has 2 rings (SSSR count). The molecule has 2 aromatic heterocycles. The topological polar surface area (TPSA) is 50.7 Å². The second-order valence-electron chi connectivity index (χ2n) is 3.07. The predicted octanol–water partition coefficient (Wildman–Crippen LogP) is 2.66. The summed E-state index contributed by atoms with van der Waals surface area (Å²) >= 11 is 3.10. The second kappa shape index (κ2) is 5.81. The van der Waals surface area contributed by atoms with Gasteiger partial charge in [0.2, 0.25) is 0 Å². The first-order valence-electron chi connectivity index (χ1n) is 4.97.